The predicted octanol–water partition coefficient (Wildman–Crippen LogP) is 2.96. The molecule has 1 amide bonds. The van der Waals surface area contributed by atoms with Crippen LogP contribution in [0.4, 0.5) is 5.69 Å². The molecule has 0 radical (unpaired) electrons. The monoisotopic (exact) mass is 314 g/mol. The Hall–Kier alpha value is -1.39. The lowest BCUT2D eigenvalue weighted by Crippen LogP contribution is -2.42. The Morgan fingerprint density at radius 3 is 2.96 bits per heavy atom. The number of nitrogens with zero attached hydrogens (tertiary/aromatic N) is 2. The van der Waals surface area contributed by atoms with E-state index >= 15 is 0 Å². The Morgan fingerprint density at radius 1 is 1.17 bits per heavy atom. The smallest absolute Gasteiger partial charge is 0.229 e. The summed E-state index contributed by atoms with van der Waals surface area (Å²) in [6.45, 7) is 3.78. The van der Waals surface area contributed by atoms with E-state index < -0.39 is 0 Å². The molecular weight excluding hydrogens is 288 g/mol. The fraction of sp³-hybridized carbons (Fsp3) is 0.632. The van der Waals surface area contributed by atoms with Crippen LogP contribution in [0.1, 0.15) is 44.1 Å². The van der Waals surface area contributed by atoms with Crippen molar-refractivity contribution in [3.05, 3.63) is 29.8 Å². The van der Waals surface area contributed by atoms with Gasteiger partial charge in [0.2, 0.25) is 5.91 Å². The van der Waals surface area contributed by atoms with Gasteiger partial charge < -0.3 is 9.64 Å². The Balaban J connectivity index is 1.56. The zero-order valence-corrected chi connectivity index (χ0v) is 13.7. The van der Waals surface area contributed by atoms with Crippen LogP contribution in [0.3, 0.4) is 0 Å². The zero-order valence-electron chi connectivity index (χ0n) is 13.7. The number of amides is 1. The van der Waals surface area contributed by atoms with Gasteiger partial charge in [-0.2, -0.15) is 0 Å². The van der Waals surface area contributed by atoms with Gasteiger partial charge in [-0.1, -0.05) is 18.2 Å². The zero-order chi connectivity index (χ0) is 15.6. The summed E-state index contributed by atoms with van der Waals surface area (Å²) in [5.74, 6) is 0.234. The number of fused-ring (bicyclic) bond motifs is 2. The Labute approximate surface area is 138 Å². The number of carbonyl (C=O) groups excluding carboxylic acids is 1. The van der Waals surface area contributed by atoms with Gasteiger partial charge in [0.25, 0.3) is 0 Å². The van der Waals surface area contributed by atoms with Crippen molar-refractivity contribution in [1.82, 2.24) is 4.90 Å². The minimum absolute atomic E-state index is 0.117. The number of hydrogen-bond acceptors (Lipinski definition) is 3. The maximum Gasteiger partial charge on any atom is 0.229 e. The average molecular weight is 314 g/mol. The second-order valence-corrected chi connectivity index (χ2v) is 7.09. The first-order valence-corrected chi connectivity index (χ1v) is 9.05. The molecule has 0 spiro atoms. The molecule has 2 fully saturated rings. The molecule has 4 heteroatoms. The first-order valence-electron chi connectivity index (χ1n) is 9.05. The number of rotatable bonds is 2. The van der Waals surface area contributed by atoms with E-state index in [-0.39, 0.29) is 12.0 Å². The first kappa shape index (κ1) is 15.2. The van der Waals surface area contributed by atoms with Gasteiger partial charge in [0.05, 0.1) is 12.5 Å². The van der Waals surface area contributed by atoms with Crippen molar-refractivity contribution in [2.24, 2.45) is 0 Å². The Morgan fingerprint density at radius 2 is 2.09 bits per heavy atom. The lowest BCUT2D eigenvalue weighted by atomic mass is 10.0. The van der Waals surface area contributed by atoms with Crippen LogP contribution >= 0.6 is 0 Å². The minimum atomic E-state index is 0.117. The number of ether oxygens (including phenoxy) is 1. The highest BCUT2D eigenvalue weighted by Crippen LogP contribution is 2.32. The normalized spacial score (nSPS) is 28.1. The number of anilines is 1. The molecule has 4 nitrogen and oxygen atoms in total. The van der Waals surface area contributed by atoms with Gasteiger partial charge >= 0.3 is 0 Å². The molecule has 1 aromatic rings. The van der Waals surface area contributed by atoms with Crippen LogP contribution in [0, 0.1) is 0 Å². The van der Waals surface area contributed by atoms with Gasteiger partial charge in [0.1, 0.15) is 0 Å². The van der Waals surface area contributed by atoms with Crippen molar-refractivity contribution in [1.29, 1.82) is 0 Å². The highest BCUT2D eigenvalue weighted by Gasteiger charge is 2.34. The van der Waals surface area contributed by atoms with Crippen molar-refractivity contribution in [3.63, 3.8) is 0 Å². The molecule has 124 valence electrons. The number of benzene rings is 1. The average Bonchev–Trinajstić information content (AvgIpc) is 2.95. The third-order valence-electron chi connectivity index (χ3n) is 5.53. The summed E-state index contributed by atoms with van der Waals surface area (Å²) in [5, 5.41) is 0. The van der Waals surface area contributed by atoms with Crippen LogP contribution in [-0.4, -0.2) is 42.6 Å². The van der Waals surface area contributed by atoms with E-state index in [2.05, 4.69) is 23.1 Å². The van der Waals surface area contributed by atoms with Gasteiger partial charge in [-0.3, -0.25) is 9.69 Å². The molecule has 0 bridgehead atoms. The summed E-state index contributed by atoms with van der Waals surface area (Å²) in [6, 6.07) is 8.93. The number of para-hydroxylation sites is 1. The molecule has 0 N–H and O–H groups in total. The van der Waals surface area contributed by atoms with Crippen molar-refractivity contribution in [2.45, 2.75) is 57.2 Å². The van der Waals surface area contributed by atoms with Gasteiger partial charge in [-0.05, 0) is 50.3 Å². The van der Waals surface area contributed by atoms with Crippen LogP contribution in [0.5, 0.6) is 0 Å². The number of hydrogen-bond donors (Lipinski definition) is 0. The molecule has 3 heterocycles. The molecule has 3 aliphatic rings. The molecular formula is C19H26N2O2. The Bertz CT molecular complexity index is 568. The molecule has 2 atom stereocenters. The van der Waals surface area contributed by atoms with E-state index in [4.69, 9.17) is 4.74 Å². The van der Waals surface area contributed by atoms with Crippen LogP contribution in [0.25, 0.3) is 0 Å². The summed E-state index contributed by atoms with van der Waals surface area (Å²) in [7, 11) is 0. The standard InChI is InChI=1S/C19H26N2O2/c22-19(12-17-8-3-4-11-23-17)21-14-16-7-5-10-20(16)13-15-6-1-2-9-18(15)21/h1-2,6,9,16-17H,3-5,7-8,10-14H2/t16-,17+/m1/s1. The van der Waals surface area contributed by atoms with Gasteiger partial charge in [-0.15, -0.1) is 0 Å². The molecule has 0 aliphatic carbocycles. The fourth-order valence-electron chi connectivity index (χ4n) is 4.26. The summed E-state index contributed by atoms with van der Waals surface area (Å²) < 4.78 is 5.79. The van der Waals surface area contributed by atoms with E-state index in [9.17, 15) is 4.79 Å². The first-order chi connectivity index (χ1) is 11.3. The molecule has 0 aromatic heterocycles. The predicted molar refractivity (Wildman–Crippen MR) is 90.4 cm³/mol. The van der Waals surface area contributed by atoms with Crippen molar-refractivity contribution >= 4 is 11.6 Å². The third kappa shape index (κ3) is 3.15. The quantitative estimate of drug-likeness (QED) is 0.841. The Kier molecular flexibility index (Phi) is 4.36. The highest BCUT2D eigenvalue weighted by molar-refractivity contribution is 5.94. The van der Waals surface area contributed by atoms with Crippen molar-refractivity contribution in [3.8, 4) is 0 Å². The van der Waals surface area contributed by atoms with Crippen LogP contribution in [0.15, 0.2) is 24.3 Å². The van der Waals surface area contributed by atoms with Crippen molar-refractivity contribution in [2.75, 3.05) is 24.6 Å². The topological polar surface area (TPSA) is 32.8 Å². The van der Waals surface area contributed by atoms with E-state index in [0.717, 1.165) is 44.8 Å². The second kappa shape index (κ2) is 6.62. The highest BCUT2D eigenvalue weighted by atomic mass is 16.5. The van der Waals surface area contributed by atoms with Crippen LogP contribution in [-0.2, 0) is 16.1 Å². The van der Waals surface area contributed by atoms with Gasteiger partial charge in [0, 0.05) is 31.4 Å². The molecule has 4 rings (SSSR count). The fourth-order valence-corrected chi connectivity index (χ4v) is 4.26. The summed E-state index contributed by atoms with van der Waals surface area (Å²) >= 11 is 0. The van der Waals surface area contributed by atoms with E-state index in [1.54, 1.807) is 0 Å². The molecule has 0 saturated carbocycles. The molecule has 2 saturated heterocycles. The SMILES string of the molecule is O=C(C[C@@H]1CCCCO1)N1C[C@H]2CCCN2Cc2ccccc21. The molecule has 23 heavy (non-hydrogen) atoms. The number of carbonyl (C=O) groups is 1. The van der Waals surface area contributed by atoms with Crippen molar-refractivity contribution < 1.29 is 9.53 Å². The second-order valence-electron chi connectivity index (χ2n) is 7.09. The molecule has 1 aromatic carbocycles. The summed E-state index contributed by atoms with van der Waals surface area (Å²) in [5.41, 5.74) is 2.40. The lowest BCUT2D eigenvalue weighted by Gasteiger charge is -2.29. The molecule has 0 unspecified atom stereocenters. The maximum atomic E-state index is 13.0. The largest absolute Gasteiger partial charge is 0.378 e. The van der Waals surface area contributed by atoms with Crippen LogP contribution < -0.4 is 4.90 Å². The van der Waals surface area contributed by atoms with Gasteiger partial charge in [0.15, 0.2) is 0 Å². The summed E-state index contributed by atoms with van der Waals surface area (Å²) in [6.07, 6.45) is 6.45. The van der Waals surface area contributed by atoms with E-state index in [0.29, 0.717) is 12.5 Å². The lowest BCUT2D eigenvalue weighted by molar-refractivity contribution is -0.122. The summed E-state index contributed by atoms with van der Waals surface area (Å²) in [4.78, 5) is 17.6. The third-order valence-corrected chi connectivity index (χ3v) is 5.53. The molecule has 3 aliphatic heterocycles. The maximum absolute atomic E-state index is 13.0. The van der Waals surface area contributed by atoms with E-state index in [1.807, 2.05) is 11.0 Å². The van der Waals surface area contributed by atoms with Gasteiger partial charge in [-0.25, -0.2) is 0 Å². The van der Waals surface area contributed by atoms with E-state index in [1.165, 1.54) is 24.8 Å². The minimum Gasteiger partial charge on any atom is -0.378 e. The van der Waals surface area contributed by atoms with Crippen LogP contribution in [0.2, 0.25) is 0 Å².